The first-order valence-electron chi connectivity index (χ1n) is 7.02. The summed E-state index contributed by atoms with van der Waals surface area (Å²) in [6.07, 6.45) is 2.77. The van der Waals surface area contributed by atoms with Gasteiger partial charge in [-0.25, -0.2) is 0 Å². The first kappa shape index (κ1) is 14.0. The molecule has 0 saturated carbocycles. The molecule has 0 radical (unpaired) electrons. The van der Waals surface area contributed by atoms with Crippen LogP contribution in [0.1, 0.15) is 40.5 Å². The number of rotatable bonds is 2. The van der Waals surface area contributed by atoms with E-state index in [4.69, 9.17) is 0 Å². The minimum Gasteiger partial charge on any atom is -0.316 e. The minimum absolute atomic E-state index is 0.880. The molecule has 2 nitrogen and oxygen atoms in total. The average Bonchev–Trinajstić information content (AvgIpc) is 2.93. The summed E-state index contributed by atoms with van der Waals surface area (Å²) in [6, 6.07) is 0. The van der Waals surface area contributed by atoms with E-state index in [1.807, 2.05) is 0 Å². The van der Waals surface area contributed by atoms with Crippen LogP contribution < -0.4 is 10.6 Å². The van der Waals surface area contributed by atoms with E-state index < -0.39 is 0 Å². The van der Waals surface area contributed by atoms with Crippen molar-refractivity contribution in [1.29, 1.82) is 0 Å². The summed E-state index contributed by atoms with van der Waals surface area (Å²) in [5.74, 6) is 3.67. The summed E-state index contributed by atoms with van der Waals surface area (Å²) in [4.78, 5) is 0. The van der Waals surface area contributed by atoms with Crippen LogP contribution in [-0.4, -0.2) is 26.2 Å². The first-order valence-corrected chi connectivity index (χ1v) is 7.02. The van der Waals surface area contributed by atoms with Crippen molar-refractivity contribution in [3.8, 4) is 0 Å². The zero-order valence-corrected chi connectivity index (χ0v) is 11.6. The molecule has 0 unspecified atom stereocenters. The molecule has 0 bridgehead atoms. The maximum atomic E-state index is 3.35. The van der Waals surface area contributed by atoms with E-state index in [2.05, 4.69) is 38.3 Å². The van der Waals surface area contributed by atoms with Crippen LogP contribution in [0.2, 0.25) is 0 Å². The first-order chi connectivity index (χ1) is 7.61. The smallest absolute Gasteiger partial charge is 0.00176 e. The van der Waals surface area contributed by atoms with E-state index in [0.29, 0.717) is 0 Å². The van der Waals surface area contributed by atoms with E-state index in [9.17, 15) is 0 Å². The third-order valence-electron chi connectivity index (χ3n) is 4.08. The van der Waals surface area contributed by atoms with Gasteiger partial charge in [-0.2, -0.15) is 0 Å². The lowest BCUT2D eigenvalue weighted by Gasteiger charge is -2.10. The molecule has 2 heteroatoms. The van der Waals surface area contributed by atoms with E-state index in [0.717, 1.165) is 23.7 Å². The fourth-order valence-electron chi connectivity index (χ4n) is 2.49. The lowest BCUT2D eigenvalue weighted by molar-refractivity contribution is 0.419. The molecule has 96 valence electrons. The fraction of sp³-hybridized carbons (Fsp3) is 1.00. The Hall–Kier alpha value is -0.0800. The van der Waals surface area contributed by atoms with Gasteiger partial charge < -0.3 is 10.6 Å². The Bertz CT molecular complexity index is 146. The molecule has 2 N–H and O–H groups in total. The van der Waals surface area contributed by atoms with Crippen molar-refractivity contribution in [2.45, 2.75) is 40.5 Å². The van der Waals surface area contributed by atoms with E-state index in [-0.39, 0.29) is 0 Å². The number of hydrogen-bond acceptors (Lipinski definition) is 2. The molecule has 0 amide bonds. The standard InChI is InChI=1S/2C7H15N/c2*1-6(2)7-3-4-8-5-7/h2*6-8H,3-5H2,1-2H3/t2*7-/m10/s1. The topological polar surface area (TPSA) is 24.1 Å². The van der Waals surface area contributed by atoms with Gasteiger partial charge in [0, 0.05) is 0 Å². The highest BCUT2D eigenvalue weighted by Crippen LogP contribution is 2.17. The van der Waals surface area contributed by atoms with E-state index in [1.165, 1.54) is 39.0 Å². The Labute approximate surface area is 102 Å². The van der Waals surface area contributed by atoms with Gasteiger partial charge in [0.15, 0.2) is 0 Å². The fourth-order valence-corrected chi connectivity index (χ4v) is 2.49. The molecule has 16 heavy (non-hydrogen) atoms. The molecule has 2 rings (SSSR count). The summed E-state index contributed by atoms with van der Waals surface area (Å²) in [6.45, 7) is 14.2. The lowest BCUT2D eigenvalue weighted by Crippen LogP contribution is -2.12. The van der Waals surface area contributed by atoms with Gasteiger partial charge in [0.05, 0.1) is 0 Å². The highest BCUT2D eigenvalue weighted by atomic mass is 14.9. The van der Waals surface area contributed by atoms with Gasteiger partial charge in [-0.05, 0) is 62.7 Å². The molecule has 0 spiro atoms. The Kier molecular flexibility index (Phi) is 6.37. The van der Waals surface area contributed by atoms with Crippen LogP contribution in [0.15, 0.2) is 0 Å². The Morgan fingerprint density at radius 1 is 0.750 bits per heavy atom. The molecule has 2 atom stereocenters. The molecular weight excluding hydrogens is 196 g/mol. The van der Waals surface area contributed by atoms with Crippen molar-refractivity contribution in [2.24, 2.45) is 23.7 Å². The van der Waals surface area contributed by atoms with Crippen LogP contribution in [0.3, 0.4) is 0 Å². The summed E-state index contributed by atoms with van der Waals surface area (Å²) < 4.78 is 0. The minimum atomic E-state index is 0.880. The highest BCUT2D eigenvalue weighted by molar-refractivity contribution is 4.73. The highest BCUT2D eigenvalue weighted by Gasteiger charge is 2.17. The maximum absolute atomic E-state index is 3.35. The molecule has 0 aromatic heterocycles. The SMILES string of the molecule is CC(C)[C@@H]1CCNC1.CC(C)[C@H]1CCNC1. The predicted molar refractivity (Wildman–Crippen MR) is 71.6 cm³/mol. The summed E-state index contributed by atoms with van der Waals surface area (Å²) >= 11 is 0. The Morgan fingerprint density at radius 3 is 1.25 bits per heavy atom. The Morgan fingerprint density at radius 2 is 1.12 bits per heavy atom. The van der Waals surface area contributed by atoms with Crippen molar-refractivity contribution in [1.82, 2.24) is 10.6 Å². The number of nitrogens with one attached hydrogen (secondary N) is 2. The van der Waals surface area contributed by atoms with E-state index in [1.54, 1.807) is 0 Å². The number of hydrogen-bond donors (Lipinski definition) is 2. The average molecular weight is 226 g/mol. The second-order valence-corrected chi connectivity index (χ2v) is 5.99. The third-order valence-corrected chi connectivity index (χ3v) is 4.08. The van der Waals surface area contributed by atoms with Crippen LogP contribution >= 0.6 is 0 Å². The van der Waals surface area contributed by atoms with Crippen molar-refractivity contribution >= 4 is 0 Å². The quantitative estimate of drug-likeness (QED) is 0.756. The lowest BCUT2D eigenvalue weighted by atomic mass is 9.96. The summed E-state index contributed by atoms with van der Waals surface area (Å²) in [7, 11) is 0. The zero-order chi connectivity index (χ0) is 12.0. The molecule has 2 aliphatic heterocycles. The zero-order valence-electron chi connectivity index (χ0n) is 11.6. The van der Waals surface area contributed by atoms with Gasteiger partial charge in [-0.15, -0.1) is 0 Å². The van der Waals surface area contributed by atoms with Gasteiger partial charge in [0.2, 0.25) is 0 Å². The molecule has 2 heterocycles. The molecule has 0 aromatic rings. The van der Waals surface area contributed by atoms with Gasteiger partial charge in [0.1, 0.15) is 0 Å². The molecule has 0 aromatic carbocycles. The predicted octanol–water partition coefficient (Wildman–Crippen LogP) is 2.50. The normalized spacial score (nSPS) is 29.6. The maximum Gasteiger partial charge on any atom is -0.00176 e. The van der Waals surface area contributed by atoms with Crippen LogP contribution in [0.4, 0.5) is 0 Å². The van der Waals surface area contributed by atoms with Crippen LogP contribution in [0.5, 0.6) is 0 Å². The summed E-state index contributed by atoms with van der Waals surface area (Å²) in [5, 5.41) is 6.71. The van der Waals surface area contributed by atoms with Crippen molar-refractivity contribution < 1.29 is 0 Å². The van der Waals surface area contributed by atoms with Gasteiger partial charge in [-0.3, -0.25) is 0 Å². The molecular formula is C14H30N2. The second-order valence-electron chi connectivity index (χ2n) is 5.99. The van der Waals surface area contributed by atoms with Crippen molar-refractivity contribution in [3.63, 3.8) is 0 Å². The molecule has 0 aliphatic carbocycles. The van der Waals surface area contributed by atoms with Gasteiger partial charge in [0.25, 0.3) is 0 Å². The second kappa shape index (κ2) is 7.29. The van der Waals surface area contributed by atoms with Crippen LogP contribution in [-0.2, 0) is 0 Å². The van der Waals surface area contributed by atoms with Gasteiger partial charge >= 0.3 is 0 Å². The molecule has 2 fully saturated rings. The van der Waals surface area contributed by atoms with E-state index >= 15 is 0 Å². The summed E-state index contributed by atoms with van der Waals surface area (Å²) in [5.41, 5.74) is 0. The van der Waals surface area contributed by atoms with Crippen LogP contribution in [0, 0.1) is 23.7 Å². The molecule has 2 saturated heterocycles. The largest absolute Gasteiger partial charge is 0.316 e. The third kappa shape index (κ3) is 4.84. The van der Waals surface area contributed by atoms with Crippen LogP contribution in [0.25, 0.3) is 0 Å². The Balaban J connectivity index is 0.000000160. The van der Waals surface area contributed by atoms with Crippen molar-refractivity contribution in [3.05, 3.63) is 0 Å². The van der Waals surface area contributed by atoms with Crippen molar-refractivity contribution in [2.75, 3.05) is 26.2 Å². The monoisotopic (exact) mass is 226 g/mol. The molecule has 2 aliphatic rings. The van der Waals surface area contributed by atoms with Gasteiger partial charge in [-0.1, -0.05) is 27.7 Å².